The quantitative estimate of drug-likeness (QED) is 0.717. The molecule has 0 saturated carbocycles. The zero-order chi connectivity index (χ0) is 14.8. The standard InChI is InChI=1S/C14H19ClN2O3/c1-2-20-9-5-8-16-13(18)10-17-14(19)11-6-3-4-7-12(11)15/h3-4,6-7H,2,5,8-10H2,1H3,(H,16,18)(H,17,19). The molecule has 0 heterocycles. The van der Waals surface area contributed by atoms with Gasteiger partial charge in [-0.15, -0.1) is 0 Å². The van der Waals surface area contributed by atoms with E-state index < -0.39 is 0 Å². The Morgan fingerprint density at radius 1 is 1.25 bits per heavy atom. The van der Waals surface area contributed by atoms with Crippen molar-refractivity contribution < 1.29 is 14.3 Å². The topological polar surface area (TPSA) is 67.4 Å². The Labute approximate surface area is 123 Å². The summed E-state index contributed by atoms with van der Waals surface area (Å²) >= 11 is 5.89. The van der Waals surface area contributed by atoms with Crippen LogP contribution in [0.25, 0.3) is 0 Å². The molecule has 2 amide bonds. The SMILES string of the molecule is CCOCCCNC(=O)CNC(=O)c1ccccc1Cl. The first kappa shape index (κ1) is 16.5. The van der Waals surface area contributed by atoms with Gasteiger partial charge in [0.1, 0.15) is 0 Å². The van der Waals surface area contributed by atoms with E-state index in [1.165, 1.54) is 0 Å². The molecule has 6 heteroatoms. The normalized spacial score (nSPS) is 10.1. The molecule has 0 spiro atoms. The molecule has 1 aromatic carbocycles. The van der Waals surface area contributed by atoms with Crippen molar-refractivity contribution in [3.05, 3.63) is 34.9 Å². The lowest BCUT2D eigenvalue weighted by Crippen LogP contribution is -2.37. The number of carbonyl (C=O) groups excluding carboxylic acids is 2. The molecular weight excluding hydrogens is 280 g/mol. The van der Waals surface area contributed by atoms with Crippen LogP contribution in [0.5, 0.6) is 0 Å². The summed E-state index contributed by atoms with van der Waals surface area (Å²) in [5.41, 5.74) is 0.360. The fraction of sp³-hybridized carbons (Fsp3) is 0.429. The van der Waals surface area contributed by atoms with Crippen LogP contribution in [0, 0.1) is 0 Å². The van der Waals surface area contributed by atoms with Crippen LogP contribution in [0.15, 0.2) is 24.3 Å². The second-order valence-electron chi connectivity index (χ2n) is 4.06. The molecule has 0 unspecified atom stereocenters. The van der Waals surface area contributed by atoms with Gasteiger partial charge in [0.05, 0.1) is 17.1 Å². The highest BCUT2D eigenvalue weighted by Crippen LogP contribution is 2.14. The first-order valence-corrected chi connectivity index (χ1v) is 6.90. The molecule has 0 aromatic heterocycles. The van der Waals surface area contributed by atoms with Gasteiger partial charge in [-0.1, -0.05) is 23.7 Å². The number of benzene rings is 1. The number of ether oxygens (including phenoxy) is 1. The number of hydrogen-bond donors (Lipinski definition) is 2. The van der Waals surface area contributed by atoms with Crippen molar-refractivity contribution in [2.75, 3.05) is 26.3 Å². The van der Waals surface area contributed by atoms with Gasteiger partial charge in [-0.3, -0.25) is 9.59 Å². The number of hydrogen-bond acceptors (Lipinski definition) is 3. The fourth-order valence-corrected chi connectivity index (χ4v) is 1.73. The molecule has 2 N–H and O–H groups in total. The minimum Gasteiger partial charge on any atom is -0.382 e. The van der Waals surface area contributed by atoms with E-state index in [1.54, 1.807) is 24.3 Å². The van der Waals surface area contributed by atoms with Crippen molar-refractivity contribution in [3.8, 4) is 0 Å². The largest absolute Gasteiger partial charge is 0.382 e. The van der Waals surface area contributed by atoms with Gasteiger partial charge >= 0.3 is 0 Å². The van der Waals surface area contributed by atoms with E-state index in [4.69, 9.17) is 16.3 Å². The average molecular weight is 299 g/mol. The number of carbonyl (C=O) groups is 2. The van der Waals surface area contributed by atoms with Crippen LogP contribution in [-0.2, 0) is 9.53 Å². The monoisotopic (exact) mass is 298 g/mol. The Hall–Kier alpha value is -1.59. The summed E-state index contributed by atoms with van der Waals surface area (Å²) in [6, 6.07) is 6.70. The van der Waals surface area contributed by atoms with Crippen molar-refractivity contribution in [2.45, 2.75) is 13.3 Å². The predicted octanol–water partition coefficient (Wildman–Crippen LogP) is 1.61. The van der Waals surface area contributed by atoms with Crippen LogP contribution in [-0.4, -0.2) is 38.1 Å². The first-order valence-electron chi connectivity index (χ1n) is 6.52. The smallest absolute Gasteiger partial charge is 0.253 e. The molecule has 0 aliphatic rings. The van der Waals surface area contributed by atoms with Crippen molar-refractivity contribution in [3.63, 3.8) is 0 Å². The lowest BCUT2D eigenvalue weighted by molar-refractivity contribution is -0.120. The van der Waals surface area contributed by atoms with E-state index in [2.05, 4.69) is 10.6 Å². The highest BCUT2D eigenvalue weighted by Gasteiger charge is 2.10. The maximum Gasteiger partial charge on any atom is 0.253 e. The van der Waals surface area contributed by atoms with Crippen LogP contribution in [0.4, 0.5) is 0 Å². The van der Waals surface area contributed by atoms with Crippen LogP contribution in [0.2, 0.25) is 5.02 Å². The Kier molecular flexibility index (Phi) is 7.69. The number of nitrogens with one attached hydrogen (secondary N) is 2. The lowest BCUT2D eigenvalue weighted by atomic mass is 10.2. The third kappa shape index (κ3) is 6.04. The average Bonchev–Trinajstić information content (AvgIpc) is 2.45. The molecular formula is C14H19ClN2O3. The number of halogens is 1. The van der Waals surface area contributed by atoms with Crippen molar-refractivity contribution in [2.24, 2.45) is 0 Å². The summed E-state index contributed by atoms with van der Waals surface area (Å²) in [4.78, 5) is 23.3. The maximum atomic E-state index is 11.8. The van der Waals surface area contributed by atoms with E-state index in [1.807, 2.05) is 6.92 Å². The van der Waals surface area contributed by atoms with E-state index in [9.17, 15) is 9.59 Å². The van der Waals surface area contributed by atoms with Crippen molar-refractivity contribution in [1.82, 2.24) is 10.6 Å². The lowest BCUT2D eigenvalue weighted by Gasteiger charge is -2.08. The molecule has 1 aromatic rings. The highest BCUT2D eigenvalue weighted by molar-refractivity contribution is 6.33. The Morgan fingerprint density at radius 2 is 2.00 bits per heavy atom. The van der Waals surface area contributed by atoms with Gasteiger partial charge in [-0.2, -0.15) is 0 Å². The van der Waals surface area contributed by atoms with Crippen molar-refractivity contribution in [1.29, 1.82) is 0 Å². The van der Waals surface area contributed by atoms with E-state index in [0.29, 0.717) is 30.3 Å². The van der Waals surface area contributed by atoms with Gasteiger partial charge in [-0.05, 0) is 25.5 Å². The first-order chi connectivity index (χ1) is 9.65. The molecule has 0 atom stereocenters. The maximum absolute atomic E-state index is 11.8. The predicted molar refractivity (Wildman–Crippen MR) is 77.9 cm³/mol. The molecule has 20 heavy (non-hydrogen) atoms. The minimum absolute atomic E-state index is 0.0707. The number of rotatable bonds is 8. The molecule has 1 rings (SSSR count). The van der Waals surface area contributed by atoms with E-state index in [-0.39, 0.29) is 18.4 Å². The molecule has 0 radical (unpaired) electrons. The molecule has 110 valence electrons. The molecule has 0 saturated heterocycles. The van der Waals surface area contributed by atoms with Crippen molar-refractivity contribution >= 4 is 23.4 Å². The Bertz CT molecular complexity index is 452. The Balaban J connectivity index is 2.24. The van der Waals surface area contributed by atoms with Gasteiger partial charge < -0.3 is 15.4 Å². The van der Waals surface area contributed by atoms with Crippen LogP contribution >= 0.6 is 11.6 Å². The fourth-order valence-electron chi connectivity index (χ4n) is 1.51. The second-order valence-corrected chi connectivity index (χ2v) is 4.47. The number of amides is 2. The van der Waals surface area contributed by atoms with Crippen LogP contribution in [0.1, 0.15) is 23.7 Å². The van der Waals surface area contributed by atoms with Gasteiger partial charge in [0.25, 0.3) is 5.91 Å². The van der Waals surface area contributed by atoms with Crippen LogP contribution < -0.4 is 10.6 Å². The highest BCUT2D eigenvalue weighted by atomic mass is 35.5. The summed E-state index contributed by atoms with van der Waals surface area (Å²) in [5.74, 6) is -0.595. The van der Waals surface area contributed by atoms with Gasteiger partial charge in [-0.25, -0.2) is 0 Å². The molecule has 0 fully saturated rings. The third-order valence-corrected chi connectivity index (χ3v) is 2.85. The van der Waals surface area contributed by atoms with E-state index in [0.717, 1.165) is 6.42 Å². The molecule has 0 aliphatic carbocycles. The van der Waals surface area contributed by atoms with Gasteiger partial charge in [0.2, 0.25) is 5.91 Å². The third-order valence-electron chi connectivity index (χ3n) is 2.52. The summed E-state index contributed by atoms with van der Waals surface area (Å²) < 4.78 is 5.15. The van der Waals surface area contributed by atoms with E-state index >= 15 is 0 Å². The Morgan fingerprint density at radius 3 is 2.70 bits per heavy atom. The minimum atomic E-state index is -0.361. The summed E-state index contributed by atoms with van der Waals surface area (Å²) in [5, 5.41) is 5.58. The summed E-state index contributed by atoms with van der Waals surface area (Å²) in [6.07, 6.45) is 0.748. The molecule has 0 aliphatic heterocycles. The summed E-state index contributed by atoms with van der Waals surface area (Å²) in [6.45, 7) is 3.66. The molecule has 5 nitrogen and oxygen atoms in total. The van der Waals surface area contributed by atoms with Gasteiger partial charge in [0, 0.05) is 19.8 Å². The molecule has 0 bridgehead atoms. The zero-order valence-electron chi connectivity index (χ0n) is 11.4. The summed E-state index contributed by atoms with van der Waals surface area (Å²) in [7, 11) is 0. The van der Waals surface area contributed by atoms with Gasteiger partial charge in [0.15, 0.2) is 0 Å². The second kappa shape index (κ2) is 9.34. The zero-order valence-corrected chi connectivity index (χ0v) is 12.2. The van der Waals surface area contributed by atoms with Crippen LogP contribution in [0.3, 0.4) is 0 Å².